The Morgan fingerprint density at radius 3 is 2.68 bits per heavy atom. The van der Waals surface area contributed by atoms with Gasteiger partial charge in [0.1, 0.15) is 0 Å². The zero-order valence-electron chi connectivity index (χ0n) is 17.2. The summed E-state index contributed by atoms with van der Waals surface area (Å²) in [4.78, 5) is 6.92. The Kier molecular flexibility index (Phi) is 9.80. The van der Waals surface area contributed by atoms with E-state index in [4.69, 9.17) is 16.3 Å². The second kappa shape index (κ2) is 11.6. The van der Waals surface area contributed by atoms with Gasteiger partial charge in [0, 0.05) is 49.7 Å². The molecular weight excluding hydrogens is 487 g/mol. The largest absolute Gasteiger partial charge is 0.377 e. The average Bonchev–Trinajstić information content (AvgIpc) is 3.41. The zero-order chi connectivity index (χ0) is 19.2. The molecule has 1 heterocycles. The minimum atomic E-state index is 0. The number of rotatable bonds is 7. The Labute approximate surface area is 191 Å². The van der Waals surface area contributed by atoms with Crippen molar-refractivity contribution in [2.24, 2.45) is 4.99 Å². The molecule has 0 aromatic heterocycles. The lowest BCUT2D eigenvalue weighted by molar-refractivity contribution is 0.0532. The van der Waals surface area contributed by atoms with Gasteiger partial charge in [-0.1, -0.05) is 23.7 Å². The molecule has 0 spiro atoms. The summed E-state index contributed by atoms with van der Waals surface area (Å²) in [6.45, 7) is 8.26. The third-order valence-electron chi connectivity index (χ3n) is 5.40. The van der Waals surface area contributed by atoms with Crippen LogP contribution in [0.4, 0.5) is 0 Å². The summed E-state index contributed by atoms with van der Waals surface area (Å²) < 4.78 is 5.66. The summed E-state index contributed by atoms with van der Waals surface area (Å²) in [5.41, 5.74) is 1.31. The highest BCUT2D eigenvalue weighted by Crippen LogP contribution is 2.41. The van der Waals surface area contributed by atoms with Gasteiger partial charge >= 0.3 is 0 Å². The van der Waals surface area contributed by atoms with Crippen molar-refractivity contribution in [1.82, 2.24) is 15.5 Å². The maximum Gasteiger partial charge on any atom is 0.191 e. The Morgan fingerprint density at radius 2 is 2.04 bits per heavy atom. The highest BCUT2D eigenvalue weighted by molar-refractivity contribution is 14.0. The van der Waals surface area contributed by atoms with E-state index >= 15 is 0 Å². The number of nitrogens with zero attached hydrogens (tertiary/aromatic N) is 2. The molecule has 7 heteroatoms. The molecule has 0 amide bonds. The van der Waals surface area contributed by atoms with Crippen LogP contribution in [0.2, 0.25) is 5.02 Å². The van der Waals surface area contributed by atoms with Crippen molar-refractivity contribution in [3.63, 3.8) is 0 Å². The van der Waals surface area contributed by atoms with E-state index in [0.29, 0.717) is 24.1 Å². The van der Waals surface area contributed by atoms with Gasteiger partial charge in [-0.3, -0.25) is 4.99 Å². The fourth-order valence-electron chi connectivity index (χ4n) is 3.72. The summed E-state index contributed by atoms with van der Waals surface area (Å²) in [6.07, 6.45) is 3.74. The molecular formula is C21H34ClIN4O. The van der Waals surface area contributed by atoms with Crippen LogP contribution >= 0.6 is 35.6 Å². The second-order valence-corrected chi connectivity index (χ2v) is 8.34. The van der Waals surface area contributed by atoms with Crippen LogP contribution in [0.3, 0.4) is 0 Å². The van der Waals surface area contributed by atoms with Crippen LogP contribution in [0, 0.1) is 0 Å². The van der Waals surface area contributed by atoms with Gasteiger partial charge < -0.3 is 20.3 Å². The van der Waals surface area contributed by atoms with Gasteiger partial charge in [-0.2, -0.15) is 0 Å². The number of aliphatic imine (C=N–C) groups is 1. The van der Waals surface area contributed by atoms with Gasteiger partial charge in [0.05, 0.1) is 12.7 Å². The Hall–Kier alpha value is -0.570. The highest BCUT2D eigenvalue weighted by atomic mass is 127. The predicted octanol–water partition coefficient (Wildman–Crippen LogP) is 3.87. The monoisotopic (exact) mass is 520 g/mol. The number of piperidine rings is 1. The molecule has 3 rings (SSSR count). The van der Waals surface area contributed by atoms with Gasteiger partial charge in [-0.05, 0) is 50.8 Å². The number of ether oxygens (including phenoxy) is 1. The van der Waals surface area contributed by atoms with Gasteiger partial charge in [0.2, 0.25) is 0 Å². The molecule has 1 aromatic rings. The van der Waals surface area contributed by atoms with Crippen LogP contribution in [-0.2, 0) is 4.74 Å². The van der Waals surface area contributed by atoms with E-state index in [1.54, 1.807) is 0 Å². The molecule has 5 nitrogen and oxygen atoms in total. The molecule has 0 radical (unpaired) electrons. The minimum Gasteiger partial charge on any atom is -0.377 e. The maximum atomic E-state index is 6.12. The second-order valence-electron chi connectivity index (χ2n) is 7.90. The lowest BCUT2D eigenvalue weighted by atomic mass is 10.1. The van der Waals surface area contributed by atoms with Crippen molar-refractivity contribution in [2.75, 3.05) is 33.3 Å². The van der Waals surface area contributed by atoms with Crippen molar-refractivity contribution >= 4 is 41.5 Å². The molecule has 28 heavy (non-hydrogen) atoms. The highest BCUT2D eigenvalue weighted by Gasteiger charge is 2.39. The minimum absolute atomic E-state index is 0. The number of nitrogens with one attached hydrogen (secondary N) is 2. The first kappa shape index (κ1) is 23.7. The standard InChI is InChI=1S/C21H33ClN4O.HI/c1-15(2)27-12-11-26-9-7-18(8-10-26)24-21(23-3)25-20-14-19(20)16-5-4-6-17(22)13-16;/h4-6,13,15,18-20H,7-12,14H2,1-3H3,(H2,23,24,25);1H. The first-order valence-corrected chi connectivity index (χ1v) is 10.5. The van der Waals surface area contributed by atoms with Crippen LogP contribution < -0.4 is 10.6 Å². The molecule has 2 aliphatic rings. The average molecular weight is 521 g/mol. The van der Waals surface area contributed by atoms with E-state index in [0.717, 1.165) is 56.5 Å². The van der Waals surface area contributed by atoms with Crippen LogP contribution in [0.1, 0.15) is 44.6 Å². The third-order valence-corrected chi connectivity index (χ3v) is 5.64. The summed E-state index contributed by atoms with van der Waals surface area (Å²) in [5.74, 6) is 1.45. The first-order valence-electron chi connectivity index (χ1n) is 10.1. The van der Waals surface area contributed by atoms with Gasteiger partial charge in [-0.15, -0.1) is 24.0 Å². The number of hydrogen-bond donors (Lipinski definition) is 2. The molecule has 2 atom stereocenters. The fourth-order valence-corrected chi connectivity index (χ4v) is 3.92. The number of hydrogen-bond acceptors (Lipinski definition) is 3. The number of benzene rings is 1. The van der Waals surface area contributed by atoms with Crippen LogP contribution in [0.15, 0.2) is 29.3 Å². The van der Waals surface area contributed by atoms with Crippen LogP contribution in [-0.4, -0.2) is 62.3 Å². The van der Waals surface area contributed by atoms with E-state index in [1.807, 2.05) is 19.2 Å². The summed E-state index contributed by atoms with van der Waals surface area (Å²) >= 11 is 6.12. The summed E-state index contributed by atoms with van der Waals surface area (Å²) in [5, 5.41) is 8.00. The van der Waals surface area contributed by atoms with Crippen molar-refractivity contribution in [2.45, 2.75) is 57.2 Å². The Balaban J connectivity index is 0.00000280. The molecule has 2 N–H and O–H groups in total. The smallest absolute Gasteiger partial charge is 0.191 e. The topological polar surface area (TPSA) is 48.9 Å². The molecule has 2 fully saturated rings. The lowest BCUT2D eigenvalue weighted by Gasteiger charge is -2.33. The molecule has 1 aliphatic carbocycles. The molecule has 1 aromatic carbocycles. The van der Waals surface area contributed by atoms with Crippen molar-refractivity contribution < 1.29 is 4.74 Å². The molecule has 0 bridgehead atoms. The molecule has 158 valence electrons. The van der Waals surface area contributed by atoms with E-state index < -0.39 is 0 Å². The zero-order valence-corrected chi connectivity index (χ0v) is 20.2. The molecule has 2 unspecified atom stereocenters. The third kappa shape index (κ3) is 7.35. The first-order chi connectivity index (χ1) is 13.0. The fraction of sp³-hybridized carbons (Fsp3) is 0.667. The van der Waals surface area contributed by atoms with E-state index in [-0.39, 0.29) is 24.0 Å². The normalized spacial score (nSPS) is 23.4. The molecule has 1 aliphatic heterocycles. The quantitative estimate of drug-likeness (QED) is 0.326. The number of likely N-dealkylation sites (tertiary alicyclic amines) is 1. The Bertz CT molecular complexity index is 635. The SMILES string of the molecule is CN=C(NC1CCN(CCOC(C)C)CC1)NC1CC1c1cccc(Cl)c1.I. The van der Waals surface area contributed by atoms with E-state index in [9.17, 15) is 0 Å². The van der Waals surface area contributed by atoms with E-state index in [1.165, 1.54) is 5.56 Å². The maximum absolute atomic E-state index is 6.12. The van der Waals surface area contributed by atoms with Crippen molar-refractivity contribution in [1.29, 1.82) is 0 Å². The van der Waals surface area contributed by atoms with Crippen molar-refractivity contribution in [3.8, 4) is 0 Å². The lowest BCUT2D eigenvalue weighted by Crippen LogP contribution is -2.49. The van der Waals surface area contributed by atoms with Crippen molar-refractivity contribution in [3.05, 3.63) is 34.9 Å². The van der Waals surface area contributed by atoms with Gasteiger partial charge in [0.15, 0.2) is 5.96 Å². The molecule has 1 saturated heterocycles. The summed E-state index contributed by atoms with van der Waals surface area (Å²) in [6, 6.07) is 9.12. The van der Waals surface area contributed by atoms with Crippen LogP contribution in [0.25, 0.3) is 0 Å². The van der Waals surface area contributed by atoms with Crippen LogP contribution in [0.5, 0.6) is 0 Å². The van der Waals surface area contributed by atoms with Gasteiger partial charge in [0.25, 0.3) is 0 Å². The summed E-state index contributed by atoms with van der Waals surface area (Å²) in [7, 11) is 1.85. The number of guanidine groups is 1. The number of halogens is 2. The molecule has 1 saturated carbocycles. The van der Waals surface area contributed by atoms with E-state index in [2.05, 4.69) is 46.5 Å². The Morgan fingerprint density at radius 1 is 1.29 bits per heavy atom. The predicted molar refractivity (Wildman–Crippen MR) is 128 cm³/mol. The van der Waals surface area contributed by atoms with Gasteiger partial charge in [-0.25, -0.2) is 0 Å².